The predicted molar refractivity (Wildman–Crippen MR) is 71.1 cm³/mol. The van der Waals surface area contributed by atoms with Gasteiger partial charge < -0.3 is 4.90 Å². The van der Waals surface area contributed by atoms with E-state index in [1.54, 1.807) is 0 Å². The fourth-order valence-corrected chi connectivity index (χ4v) is 2.14. The number of rotatable bonds is 3. The van der Waals surface area contributed by atoms with E-state index in [-0.39, 0.29) is 0 Å². The zero-order chi connectivity index (χ0) is 12.3. The van der Waals surface area contributed by atoms with E-state index in [0.29, 0.717) is 5.92 Å². The van der Waals surface area contributed by atoms with E-state index < -0.39 is 0 Å². The van der Waals surface area contributed by atoms with Crippen molar-refractivity contribution in [2.45, 2.75) is 26.3 Å². The van der Waals surface area contributed by atoms with E-state index in [9.17, 15) is 0 Å². The Morgan fingerprint density at radius 3 is 2.41 bits per heavy atom. The van der Waals surface area contributed by atoms with E-state index >= 15 is 0 Å². The molecular formula is C14H23N3. The Balaban J connectivity index is 1.90. The highest BCUT2D eigenvalue weighted by Gasteiger charge is 2.13. The maximum atomic E-state index is 4.52. The van der Waals surface area contributed by atoms with Crippen molar-refractivity contribution in [3.63, 3.8) is 0 Å². The smallest absolute Gasteiger partial charge is 0.0429 e. The lowest BCUT2D eigenvalue weighted by atomic mass is 10.1. The first kappa shape index (κ1) is 12.5. The van der Waals surface area contributed by atoms with Crippen molar-refractivity contribution in [3.8, 4) is 0 Å². The van der Waals surface area contributed by atoms with Crippen LogP contribution in [0.2, 0.25) is 0 Å². The van der Waals surface area contributed by atoms with Gasteiger partial charge in [-0.05, 0) is 24.6 Å². The molecule has 1 aromatic heterocycles. The van der Waals surface area contributed by atoms with Crippen molar-refractivity contribution in [2.24, 2.45) is 0 Å². The monoisotopic (exact) mass is 233 g/mol. The van der Waals surface area contributed by atoms with Crippen molar-refractivity contribution in [2.75, 3.05) is 33.2 Å². The molecule has 3 heteroatoms. The predicted octanol–water partition coefficient (Wildman–Crippen LogP) is 1.95. The van der Waals surface area contributed by atoms with Crippen molar-refractivity contribution in [1.29, 1.82) is 0 Å². The van der Waals surface area contributed by atoms with E-state index in [4.69, 9.17) is 0 Å². The number of piperazine rings is 1. The molecule has 2 rings (SSSR count). The van der Waals surface area contributed by atoms with Crippen molar-refractivity contribution in [3.05, 3.63) is 29.6 Å². The lowest BCUT2D eigenvalue weighted by Gasteiger charge is -2.32. The number of hydrogen-bond acceptors (Lipinski definition) is 3. The standard InChI is InChI=1S/C14H23N3/c1-12(2)14-5-4-13(10-15-14)11-17-8-6-16(3)7-9-17/h4-5,10,12H,6-9,11H2,1-3H3. The van der Waals surface area contributed by atoms with E-state index in [1.165, 1.54) is 37.4 Å². The quantitative estimate of drug-likeness (QED) is 0.795. The normalized spacial score (nSPS) is 18.8. The van der Waals surface area contributed by atoms with Crippen molar-refractivity contribution in [1.82, 2.24) is 14.8 Å². The summed E-state index contributed by atoms with van der Waals surface area (Å²) in [4.78, 5) is 9.41. The van der Waals surface area contributed by atoms with Crippen LogP contribution in [0.5, 0.6) is 0 Å². The second-order valence-electron chi connectivity index (χ2n) is 5.33. The first-order valence-electron chi connectivity index (χ1n) is 6.51. The van der Waals surface area contributed by atoms with Crippen LogP contribution in [0.3, 0.4) is 0 Å². The van der Waals surface area contributed by atoms with Gasteiger partial charge in [0.05, 0.1) is 0 Å². The molecule has 94 valence electrons. The largest absolute Gasteiger partial charge is 0.304 e. The summed E-state index contributed by atoms with van der Waals surface area (Å²) < 4.78 is 0. The van der Waals surface area contributed by atoms with Gasteiger partial charge >= 0.3 is 0 Å². The molecule has 0 spiro atoms. The summed E-state index contributed by atoms with van der Waals surface area (Å²) in [6.45, 7) is 10.1. The Bertz CT molecular complexity index is 337. The highest BCUT2D eigenvalue weighted by Crippen LogP contribution is 2.13. The summed E-state index contributed by atoms with van der Waals surface area (Å²) in [5.74, 6) is 0.521. The molecule has 1 aromatic rings. The fourth-order valence-electron chi connectivity index (χ4n) is 2.14. The van der Waals surface area contributed by atoms with E-state index in [2.05, 4.69) is 47.8 Å². The molecule has 0 bridgehead atoms. The second kappa shape index (κ2) is 5.61. The van der Waals surface area contributed by atoms with Gasteiger partial charge in [-0.3, -0.25) is 9.88 Å². The average Bonchev–Trinajstić information content (AvgIpc) is 2.33. The van der Waals surface area contributed by atoms with Crippen LogP contribution in [0.25, 0.3) is 0 Å². The van der Waals surface area contributed by atoms with Crippen molar-refractivity contribution < 1.29 is 0 Å². The van der Waals surface area contributed by atoms with Crippen LogP contribution < -0.4 is 0 Å². The van der Waals surface area contributed by atoms with Crippen LogP contribution in [0, 0.1) is 0 Å². The van der Waals surface area contributed by atoms with Gasteiger partial charge in [0.2, 0.25) is 0 Å². The molecule has 1 aliphatic rings. The molecule has 0 unspecified atom stereocenters. The van der Waals surface area contributed by atoms with Gasteiger partial charge in [-0.25, -0.2) is 0 Å². The summed E-state index contributed by atoms with van der Waals surface area (Å²) in [6, 6.07) is 4.39. The minimum absolute atomic E-state index is 0.521. The van der Waals surface area contributed by atoms with Gasteiger partial charge in [0.25, 0.3) is 0 Å². The Morgan fingerprint density at radius 2 is 1.88 bits per heavy atom. The van der Waals surface area contributed by atoms with Gasteiger partial charge in [0, 0.05) is 44.6 Å². The first-order valence-corrected chi connectivity index (χ1v) is 6.51. The third kappa shape index (κ3) is 3.51. The lowest BCUT2D eigenvalue weighted by Crippen LogP contribution is -2.43. The SMILES string of the molecule is CC(C)c1ccc(CN2CCN(C)CC2)cn1. The molecule has 1 fully saturated rings. The minimum atomic E-state index is 0.521. The van der Waals surface area contributed by atoms with Crippen LogP contribution in [0.15, 0.2) is 18.3 Å². The molecule has 0 amide bonds. The Hall–Kier alpha value is -0.930. The number of likely N-dealkylation sites (N-methyl/N-ethyl adjacent to an activating group) is 1. The topological polar surface area (TPSA) is 19.4 Å². The van der Waals surface area contributed by atoms with Gasteiger partial charge in [-0.15, -0.1) is 0 Å². The molecule has 0 saturated carbocycles. The molecule has 2 heterocycles. The molecular weight excluding hydrogens is 210 g/mol. The van der Waals surface area contributed by atoms with Crippen LogP contribution in [0.1, 0.15) is 31.0 Å². The van der Waals surface area contributed by atoms with E-state index in [0.717, 1.165) is 6.54 Å². The summed E-state index contributed by atoms with van der Waals surface area (Å²) >= 11 is 0. The zero-order valence-corrected chi connectivity index (χ0v) is 11.2. The third-order valence-electron chi connectivity index (χ3n) is 3.44. The van der Waals surface area contributed by atoms with Gasteiger partial charge in [0.15, 0.2) is 0 Å². The number of aromatic nitrogens is 1. The third-order valence-corrected chi connectivity index (χ3v) is 3.44. The molecule has 1 saturated heterocycles. The van der Waals surface area contributed by atoms with E-state index in [1.807, 2.05) is 6.20 Å². The Kier molecular flexibility index (Phi) is 4.13. The molecule has 17 heavy (non-hydrogen) atoms. The Morgan fingerprint density at radius 1 is 1.18 bits per heavy atom. The summed E-state index contributed by atoms with van der Waals surface area (Å²) in [5, 5.41) is 0. The molecule has 0 aromatic carbocycles. The van der Waals surface area contributed by atoms with Crippen LogP contribution in [0.4, 0.5) is 0 Å². The van der Waals surface area contributed by atoms with Crippen LogP contribution in [-0.2, 0) is 6.54 Å². The molecule has 0 atom stereocenters. The lowest BCUT2D eigenvalue weighted by molar-refractivity contribution is 0.148. The Labute approximate surface area is 104 Å². The second-order valence-corrected chi connectivity index (χ2v) is 5.33. The maximum absolute atomic E-state index is 4.52. The number of pyridine rings is 1. The van der Waals surface area contributed by atoms with Crippen LogP contribution >= 0.6 is 0 Å². The maximum Gasteiger partial charge on any atom is 0.0429 e. The fraction of sp³-hybridized carbons (Fsp3) is 0.643. The average molecular weight is 233 g/mol. The summed E-state index contributed by atoms with van der Waals surface area (Å²) in [6.07, 6.45) is 2.04. The van der Waals surface area contributed by atoms with Gasteiger partial charge in [-0.1, -0.05) is 19.9 Å². The zero-order valence-electron chi connectivity index (χ0n) is 11.2. The highest BCUT2D eigenvalue weighted by molar-refractivity contribution is 5.16. The molecule has 0 radical (unpaired) electrons. The minimum Gasteiger partial charge on any atom is -0.304 e. The number of hydrogen-bond donors (Lipinski definition) is 0. The van der Waals surface area contributed by atoms with Crippen molar-refractivity contribution >= 4 is 0 Å². The highest BCUT2D eigenvalue weighted by atomic mass is 15.2. The summed E-state index contributed by atoms with van der Waals surface area (Å²) in [7, 11) is 2.19. The molecule has 3 nitrogen and oxygen atoms in total. The molecule has 0 N–H and O–H groups in total. The molecule has 0 aliphatic carbocycles. The molecule has 1 aliphatic heterocycles. The van der Waals surface area contributed by atoms with Crippen LogP contribution in [-0.4, -0.2) is 48.0 Å². The number of nitrogens with zero attached hydrogens (tertiary/aromatic N) is 3. The first-order chi connectivity index (χ1) is 8.15. The van der Waals surface area contributed by atoms with Gasteiger partial charge in [-0.2, -0.15) is 0 Å². The summed E-state index contributed by atoms with van der Waals surface area (Å²) in [5.41, 5.74) is 2.52. The van der Waals surface area contributed by atoms with Gasteiger partial charge in [0.1, 0.15) is 0 Å².